The average Bonchev–Trinajstić information content (AvgIpc) is 2.22. The van der Waals surface area contributed by atoms with E-state index in [2.05, 4.69) is 32.7 Å². The van der Waals surface area contributed by atoms with Gasteiger partial charge in [0.05, 0.1) is 10.7 Å². The van der Waals surface area contributed by atoms with Crippen LogP contribution in [0.1, 0.15) is 32.8 Å². The number of benzene rings is 1. The minimum absolute atomic E-state index is 0.575. The number of nitrogen functional groups attached to an aromatic ring is 1. The lowest BCUT2D eigenvalue weighted by Gasteiger charge is -2.26. The summed E-state index contributed by atoms with van der Waals surface area (Å²) < 4.78 is 0. The van der Waals surface area contributed by atoms with Crippen LogP contribution in [0, 0.1) is 5.92 Å². The fourth-order valence-electron chi connectivity index (χ4n) is 1.97. The molecule has 0 heterocycles. The Balaban J connectivity index is 2.61. The molecule has 2 nitrogen and oxygen atoms in total. The average molecular weight is 255 g/mol. The first-order valence-electron chi connectivity index (χ1n) is 6.14. The van der Waals surface area contributed by atoms with Crippen LogP contribution in [0.2, 0.25) is 5.02 Å². The quantitative estimate of drug-likeness (QED) is 0.810. The second kappa shape index (κ2) is 6.27. The van der Waals surface area contributed by atoms with Gasteiger partial charge in [-0.2, -0.15) is 0 Å². The molecule has 0 saturated heterocycles. The van der Waals surface area contributed by atoms with E-state index >= 15 is 0 Å². The smallest absolute Gasteiger partial charge is 0.0638 e. The summed E-state index contributed by atoms with van der Waals surface area (Å²) in [5, 5.41) is 0.646. The summed E-state index contributed by atoms with van der Waals surface area (Å²) in [6, 6.07) is 6.44. The largest absolute Gasteiger partial charge is 0.398 e. The highest BCUT2D eigenvalue weighted by atomic mass is 35.5. The number of rotatable bonds is 5. The van der Waals surface area contributed by atoms with Gasteiger partial charge >= 0.3 is 0 Å². The zero-order valence-corrected chi connectivity index (χ0v) is 12.0. The maximum atomic E-state index is 6.02. The highest BCUT2D eigenvalue weighted by Gasteiger charge is 2.11. The first-order valence-corrected chi connectivity index (χ1v) is 6.52. The van der Waals surface area contributed by atoms with Gasteiger partial charge < -0.3 is 5.73 Å². The predicted octanol–water partition coefficient (Wildman–Crippen LogP) is 3.79. The van der Waals surface area contributed by atoms with Crippen molar-refractivity contribution >= 4 is 17.3 Å². The van der Waals surface area contributed by atoms with E-state index in [9.17, 15) is 0 Å². The predicted molar refractivity (Wildman–Crippen MR) is 76.2 cm³/mol. The molecule has 0 saturated carbocycles. The number of hydrogen-bond acceptors (Lipinski definition) is 2. The Morgan fingerprint density at radius 1 is 1.29 bits per heavy atom. The highest BCUT2D eigenvalue weighted by Crippen LogP contribution is 2.21. The third kappa shape index (κ3) is 4.57. The molecule has 3 heteroatoms. The van der Waals surface area contributed by atoms with Crippen molar-refractivity contribution in [1.29, 1.82) is 0 Å². The summed E-state index contributed by atoms with van der Waals surface area (Å²) in [6.45, 7) is 7.68. The van der Waals surface area contributed by atoms with Crippen molar-refractivity contribution in [1.82, 2.24) is 4.90 Å². The normalized spacial score (nSPS) is 13.4. The zero-order chi connectivity index (χ0) is 13.0. The van der Waals surface area contributed by atoms with Crippen LogP contribution in [0.4, 0.5) is 5.69 Å². The summed E-state index contributed by atoms with van der Waals surface area (Å²) in [4.78, 5) is 2.35. The molecule has 0 bridgehead atoms. The van der Waals surface area contributed by atoms with Gasteiger partial charge in [-0.1, -0.05) is 31.5 Å². The van der Waals surface area contributed by atoms with E-state index < -0.39 is 0 Å². The lowest BCUT2D eigenvalue weighted by atomic mass is 10.0. The van der Waals surface area contributed by atoms with E-state index in [1.165, 1.54) is 12.0 Å². The summed E-state index contributed by atoms with van der Waals surface area (Å²) in [5.74, 6) is 0.724. The van der Waals surface area contributed by atoms with Gasteiger partial charge in [0.25, 0.3) is 0 Å². The third-order valence-corrected chi connectivity index (χ3v) is 3.39. The van der Waals surface area contributed by atoms with Crippen molar-refractivity contribution in [2.75, 3.05) is 12.8 Å². The second-order valence-corrected chi connectivity index (χ2v) is 5.66. The van der Waals surface area contributed by atoms with Crippen molar-refractivity contribution in [3.05, 3.63) is 28.8 Å². The van der Waals surface area contributed by atoms with Crippen molar-refractivity contribution in [3.8, 4) is 0 Å². The molecule has 0 aliphatic rings. The molecule has 2 N–H and O–H groups in total. The molecule has 1 aromatic carbocycles. The summed E-state index contributed by atoms with van der Waals surface area (Å²) in [7, 11) is 2.15. The molecule has 1 rings (SSSR count). The molecule has 1 aromatic rings. The molecule has 0 aliphatic heterocycles. The molecule has 1 unspecified atom stereocenters. The van der Waals surface area contributed by atoms with Crippen molar-refractivity contribution < 1.29 is 0 Å². The van der Waals surface area contributed by atoms with Gasteiger partial charge in [-0.3, -0.25) is 4.90 Å². The molecule has 1 atom stereocenters. The Labute approximate surface area is 110 Å². The van der Waals surface area contributed by atoms with Gasteiger partial charge in [0, 0.05) is 12.6 Å². The van der Waals surface area contributed by atoms with Crippen LogP contribution in [0.5, 0.6) is 0 Å². The molecule has 17 heavy (non-hydrogen) atoms. The Bertz CT molecular complexity index is 363. The van der Waals surface area contributed by atoms with E-state index in [-0.39, 0.29) is 0 Å². The van der Waals surface area contributed by atoms with Crippen LogP contribution in [0.25, 0.3) is 0 Å². The minimum Gasteiger partial charge on any atom is -0.398 e. The molecular formula is C14H23ClN2. The van der Waals surface area contributed by atoms with Gasteiger partial charge in [-0.15, -0.1) is 0 Å². The van der Waals surface area contributed by atoms with Gasteiger partial charge in [0.2, 0.25) is 0 Å². The van der Waals surface area contributed by atoms with E-state index in [4.69, 9.17) is 17.3 Å². The minimum atomic E-state index is 0.575. The van der Waals surface area contributed by atoms with E-state index in [1.807, 2.05) is 18.2 Å². The van der Waals surface area contributed by atoms with E-state index in [0.717, 1.165) is 12.5 Å². The number of halogens is 1. The Hall–Kier alpha value is -0.730. The third-order valence-electron chi connectivity index (χ3n) is 3.06. The van der Waals surface area contributed by atoms with Crippen LogP contribution in [-0.4, -0.2) is 18.0 Å². The maximum Gasteiger partial charge on any atom is 0.0638 e. The highest BCUT2D eigenvalue weighted by molar-refractivity contribution is 6.33. The first-order chi connectivity index (χ1) is 7.90. The first kappa shape index (κ1) is 14.3. The van der Waals surface area contributed by atoms with Gasteiger partial charge in [0.15, 0.2) is 0 Å². The van der Waals surface area contributed by atoms with Gasteiger partial charge in [0.1, 0.15) is 0 Å². The van der Waals surface area contributed by atoms with Crippen LogP contribution >= 0.6 is 11.6 Å². The van der Waals surface area contributed by atoms with Crippen LogP contribution in [0.3, 0.4) is 0 Å². The van der Waals surface area contributed by atoms with E-state index in [0.29, 0.717) is 16.8 Å². The molecule has 0 aromatic heterocycles. The lowest BCUT2D eigenvalue weighted by molar-refractivity contribution is 0.220. The van der Waals surface area contributed by atoms with Crippen LogP contribution in [0.15, 0.2) is 18.2 Å². The number of anilines is 1. The molecule has 0 spiro atoms. The molecule has 0 fully saturated rings. The Morgan fingerprint density at radius 2 is 1.94 bits per heavy atom. The monoisotopic (exact) mass is 254 g/mol. The standard InChI is InChI=1S/C14H23ClN2/c1-10(2)7-11(3)17(4)9-12-5-6-14(16)13(15)8-12/h5-6,8,10-11H,7,9,16H2,1-4H3. The SMILES string of the molecule is CC(C)CC(C)N(C)Cc1ccc(N)c(Cl)c1. The summed E-state index contributed by atoms with van der Waals surface area (Å²) in [5.41, 5.74) is 7.56. The van der Waals surface area contributed by atoms with Crippen LogP contribution < -0.4 is 5.73 Å². The molecule has 0 amide bonds. The Morgan fingerprint density at radius 3 is 2.47 bits per heavy atom. The number of nitrogens with two attached hydrogens (primary N) is 1. The molecule has 0 radical (unpaired) electrons. The Kier molecular flexibility index (Phi) is 5.29. The molecule has 0 aliphatic carbocycles. The topological polar surface area (TPSA) is 29.3 Å². The second-order valence-electron chi connectivity index (χ2n) is 5.25. The lowest BCUT2D eigenvalue weighted by Crippen LogP contribution is -2.29. The van der Waals surface area contributed by atoms with Gasteiger partial charge in [-0.25, -0.2) is 0 Å². The number of nitrogens with zero attached hydrogens (tertiary/aromatic N) is 1. The molecule has 96 valence electrons. The van der Waals surface area contributed by atoms with Crippen molar-refractivity contribution in [3.63, 3.8) is 0 Å². The summed E-state index contributed by atoms with van der Waals surface area (Å²) >= 11 is 6.02. The zero-order valence-electron chi connectivity index (χ0n) is 11.2. The molecular weight excluding hydrogens is 232 g/mol. The fourth-order valence-corrected chi connectivity index (χ4v) is 2.18. The van der Waals surface area contributed by atoms with Crippen molar-refractivity contribution in [2.24, 2.45) is 5.92 Å². The van der Waals surface area contributed by atoms with Crippen LogP contribution in [-0.2, 0) is 6.54 Å². The maximum absolute atomic E-state index is 6.02. The number of hydrogen-bond donors (Lipinski definition) is 1. The van der Waals surface area contributed by atoms with E-state index in [1.54, 1.807) is 0 Å². The van der Waals surface area contributed by atoms with Crippen molar-refractivity contribution in [2.45, 2.75) is 39.8 Å². The summed E-state index contributed by atoms with van der Waals surface area (Å²) in [6.07, 6.45) is 1.21. The fraction of sp³-hybridized carbons (Fsp3) is 0.571. The van der Waals surface area contributed by atoms with Gasteiger partial charge in [-0.05, 0) is 44.0 Å².